The second-order valence-electron chi connectivity index (χ2n) is 5.64. The van der Waals surface area contributed by atoms with Crippen molar-refractivity contribution in [3.63, 3.8) is 0 Å². The zero-order valence-electron chi connectivity index (χ0n) is 12.6. The van der Waals surface area contributed by atoms with E-state index in [-0.39, 0.29) is 18.1 Å². The van der Waals surface area contributed by atoms with E-state index in [1.165, 1.54) is 0 Å². The average Bonchev–Trinajstić information content (AvgIpc) is 2.56. The molecule has 0 aromatic carbocycles. The van der Waals surface area contributed by atoms with Crippen molar-refractivity contribution in [3.05, 3.63) is 0 Å². The van der Waals surface area contributed by atoms with Crippen molar-refractivity contribution in [2.24, 2.45) is 0 Å². The number of hydrogen-bond acceptors (Lipinski definition) is 3. The Morgan fingerprint density at radius 3 is 2.67 bits per heavy atom. The largest absolute Gasteiger partial charge is 0.326 e. The van der Waals surface area contributed by atoms with Gasteiger partial charge in [-0.05, 0) is 47.2 Å². The molecule has 1 saturated heterocycles. The first kappa shape index (κ1) is 15.4. The lowest BCUT2D eigenvalue weighted by atomic mass is 10.1. The molecule has 0 spiro atoms. The molecule has 2 atom stereocenters. The van der Waals surface area contributed by atoms with E-state index in [2.05, 4.69) is 45.0 Å². The van der Waals surface area contributed by atoms with Crippen molar-refractivity contribution in [1.82, 2.24) is 15.1 Å². The summed E-state index contributed by atoms with van der Waals surface area (Å²) in [4.78, 5) is 16.5. The van der Waals surface area contributed by atoms with E-state index in [0.717, 1.165) is 32.4 Å². The molecule has 0 aliphatic carbocycles. The second-order valence-corrected chi connectivity index (χ2v) is 5.64. The Morgan fingerprint density at radius 1 is 1.44 bits per heavy atom. The molecule has 1 heterocycles. The van der Waals surface area contributed by atoms with Crippen molar-refractivity contribution in [2.75, 3.05) is 20.1 Å². The molecule has 1 aliphatic heterocycles. The van der Waals surface area contributed by atoms with Gasteiger partial charge in [0.15, 0.2) is 0 Å². The molecule has 2 unspecified atom stereocenters. The molecule has 1 amide bonds. The lowest BCUT2D eigenvalue weighted by Gasteiger charge is -2.24. The quantitative estimate of drug-likeness (QED) is 0.751. The number of nitrogens with one attached hydrogen (secondary N) is 1. The Kier molecular flexibility index (Phi) is 6.09. The lowest BCUT2D eigenvalue weighted by Crippen LogP contribution is -2.37. The van der Waals surface area contributed by atoms with Crippen LogP contribution in [0, 0.1) is 0 Å². The fourth-order valence-corrected chi connectivity index (χ4v) is 2.39. The maximum Gasteiger partial charge on any atom is 0.241 e. The van der Waals surface area contributed by atoms with Gasteiger partial charge in [-0.3, -0.25) is 10.1 Å². The summed E-state index contributed by atoms with van der Waals surface area (Å²) < 4.78 is 0. The third-order valence-corrected chi connectivity index (χ3v) is 3.86. The molecule has 0 bridgehead atoms. The van der Waals surface area contributed by atoms with Crippen LogP contribution in [0.1, 0.15) is 47.0 Å². The van der Waals surface area contributed by atoms with Gasteiger partial charge in [-0.15, -0.1) is 0 Å². The van der Waals surface area contributed by atoms with Gasteiger partial charge < -0.3 is 9.80 Å². The van der Waals surface area contributed by atoms with E-state index in [9.17, 15) is 4.79 Å². The normalized spacial score (nSPS) is 24.6. The fourth-order valence-electron chi connectivity index (χ4n) is 2.39. The zero-order chi connectivity index (χ0) is 13.7. The summed E-state index contributed by atoms with van der Waals surface area (Å²) >= 11 is 0. The summed E-state index contributed by atoms with van der Waals surface area (Å²) in [6.45, 7) is 10.5. The Bertz CT molecular complexity index is 268. The Hall–Kier alpha value is -0.610. The minimum Gasteiger partial charge on any atom is -0.326 e. The summed E-state index contributed by atoms with van der Waals surface area (Å²) in [5.74, 6) is 0.288. The molecule has 1 aliphatic rings. The first-order valence-corrected chi connectivity index (χ1v) is 7.24. The van der Waals surface area contributed by atoms with Crippen molar-refractivity contribution in [3.8, 4) is 0 Å². The molecule has 1 N–H and O–H groups in total. The Labute approximate surface area is 112 Å². The monoisotopic (exact) mass is 255 g/mol. The van der Waals surface area contributed by atoms with E-state index in [0.29, 0.717) is 6.04 Å². The van der Waals surface area contributed by atoms with Crippen LogP contribution in [0.3, 0.4) is 0 Å². The molecule has 0 aromatic heterocycles. The summed E-state index contributed by atoms with van der Waals surface area (Å²) in [5, 5.41) is 3.38. The van der Waals surface area contributed by atoms with Gasteiger partial charge in [-0.1, -0.05) is 13.3 Å². The molecule has 0 radical (unpaired) electrons. The predicted octanol–water partition coefficient (Wildman–Crippen LogP) is 1.66. The summed E-state index contributed by atoms with van der Waals surface area (Å²) in [5.41, 5.74) is 0. The van der Waals surface area contributed by atoms with E-state index in [1.54, 1.807) is 0 Å². The van der Waals surface area contributed by atoms with Gasteiger partial charge >= 0.3 is 0 Å². The van der Waals surface area contributed by atoms with Crippen LogP contribution >= 0.6 is 0 Å². The number of nitrogens with zero attached hydrogens (tertiary/aromatic N) is 2. The van der Waals surface area contributed by atoms with Crippen molar-refractivity contribution in [1.29, 1.82) is 0 Å². The molecule has 0 saturated carbocycles. The van der Waals surface area contributed by atoms with Crippen LogP contribution in [0.15, 0.2) is 0 Å². The van der Waals surface area contributed by atoms with Gasteiger partial charge in [0.1, 0.15) is 0 Å². The van der Waals surface area contributed by atoms with Gasteiger partial charge in [0, 0.05) is 12.6 Å². The van der Waals surface area contributed by atoms with Crippen molar-refractivity contribution < 1.29 is 4.79 Å². The van der Waals surface area contributed by atoms with Crippen LogP contribution in [0.4, 0.5) is 0 Å². The number of amides is 1. The molecule has 1 rings (SSSR count). The fraction of sp³-hybridized carbons (Fsp3) is 0.929. The highest BCUT2D eigenvalue weighted by molar-refractivity contribution is 5.84. The van der Waals surface area contributed by atoms with Gasteiger partial charge in [-0.25, -0.2) is 0 Å². The van der Waals surface area contributed by atoms with Crippen molar-refractivity contribution >= 4 is 5.91 Å². The van der Waals surface area contributed by atoms with E-state index >= 15 is 0 Å². The van der Waals surface area contributed by atoms with Crippen LogP contribution in [-0.4, -0.2) is 54.1 Å². The first-order chi connectivity index (χ1) is 8.47. The highest BCUT2D eigenvalue weighted by atomic mass is 16.2. The lowest BCUT2D eigenvalue weighted by molar-refractivity contribution is -0.130. The molecule has 0 aromatic rings. The van der Waals surface area contributed by atoms with Gasteiger partial charge in [-0.2, -0.15) is 0 Å². The van der Waals surface area contributed by atoms with E-state index in [1.807, 2.05) is 4.90 Å². The smallest absolute Gasteiger partial charge is 0.241 e. The van der Waals surface area contributed by atoms with Crippen LogP contribution < -0.4 is 5.32 Å². The molecular weight excluding hydrogens is 226 g/mol. The molecule has 1 fully saturated rings. The van der Waals surface area contributed by atoms with Crippen LogP contribution in [0.5, 0.6) is 0 Å². The summed E-state index contributed by atoms with van der Waals surface area (Å²) in [7, 11) is 2.14. The zero-order valence-corrected chi connectivity index (χ0v) is 12.6. The Balaban J connectivity index is 2.36. The molecular formula is C14H29N3O. The third-order valence-electron chi connectivity index (χ3n) is 3.86. The van der Waals surface area contributed by atoms with Crippen LogP contribution in [-0.2, 0) is 4.79 Å². The third kappa shape index (κ3) is 3.95. The van der Waals surface area contributed by atoms with E-state index < -0.39 is 0 Å². The van der Waals surface area contributed by atoms with Gasteiger partial charge in [0.2, 0.25) is 5.91 Å². The van der Waals surface area contributed by atoms with Gasteiger partial charge in [0.25, 0.3) is 0 Å². The van der Waals surface area contributed by atoms with Crippen LogP contribution in [0.25, 0.3) is 0 Å². The molecule has 4 heteroatoms. The van der Waals surface area contributed by atoms with Crippen molar-refractivity contribution in [2.45, 2.75) is 65.2 Å². The first-order valence-electron chi connectivity index (χ1n) is 7.24. The number of rotatable bonds is 7. The minimum absolute atomic E-state index is 0.0489. The SMILES string of the molecule is CCCC1NC(C)N(CCCN(C)C(C)C)C1=O. The standard InChI is InChI=1S/C14H29N3O/c1-6-8-13-14(18)17(12(4)15-13)10-7-9-16(5)11(2)3/h11-13,15H,6-10H2,1-5H3. The number of hydrogen-bond donors (Lipinski definition) is 1. The predicted molar refractivity (Wildman–Crippen MR) is 75.4 cm³/mol. The molecule has 106 valence electrons. The van der Waals surface area contributed by atoms with Gasteiger partial charge in [0.05, 0.1) is 12.2 Å². The highest BCUT2D eigenvalue weighted by Crippen LogP contribution is 2.14. The number of carbonyl (C=O) groups excluding carboxylic acids is 1. The Morgan fingerprint density at radius 2 is 2.11 bits per heavy atom. The molecule has 4 nitrogen and oxygen atoms in total. The highest BCUT2D eigenvalue weighted by Gasteiger charge is 2.34. The van der Waals surface area contributed by atoms with Crippen LogP contribution in [0.2, 0.25) is 0 Å². The second kappa shape index (κ2) is 7.10. The maximum atomic E-state index is 12.2. The number of carbonyl (C=O) groups is 1. The minimum atomic E-state index is 0.0489. The summed E-state index contributed by atoms with van der Waals surface area (Å²) in [6, 6.07) is 0.621. The average molecular weight is 255 g/mol. The summed E-state index contributed by atoms with van der Waals surface area (Å²) in [6.07, 6.45) is 3.25. The maximum absolute atomic E-state index is 12.2. The topological polar surface area (TPSA) is 35.6 Å². The molecule has 18 heavy (non-hydrogen) atoms. The van der Waals surface area contributed by atoms with E-state index in [4.69, 9.17) is 0 Å².